The maximum atomic E-state index is 14.5. The first kappa shape index (κ1) is 56.8. The average Bonchev–Trinajstić information content (AvgIpc) is 3.85. The normalized spacial score (nSPS) is 19.2. The van der Waals surface area contributed by atoms with E-state index in [2.05, 4.69) is 28.1 Å². The Morgan fingerprint density at radius 2 is 1.48 bits per heavy atom. The van der Waals surface area contributed by atoms with Gasteiger partial charge in [-0.2, -0.15) is 0 Å². The number of ether oxygens (including phenoxy) is 5. The van der Waals surface area contributed by atoms with Gasteiger partial charge in [0.2, 0.25) is 29.5 Å². The quantitative estimate of drug-likeness (QED) is 0.0724. The number of imide groups is 1. The standard InChI is InChI=1S/C51H80N6O12/c1-11-35(4)45(39(65-9)32-43(61)56-24-15-18-38(56)46(66-10)36(5)47(62)52-33-51(22-23-51)37-16-13-12-14-17-37)55(8)48(63)44(34(2)3)53-49(64)50(6,7)54-40(58)21-26-67-28-30-69-31-29-68-27-25-57-41(59)19-20-42(57)60/h12-14,16-17,19-20,34-36,38-39,44-46H,11,15,18,21-33H2,1-10H3,(H,52,62)(H,53,64)(H,54,58)/t35-,36+,38-,39+,44-,45-,46+/m0/s1. The van der Waals surface area contributed by atoms with Gasteiger partial charge in [0.1, 0.15) is 11.6 Å². The van der Waals surface area contributed by atoms with E-state index in [-0.39, 0.29) is 112 Å². The lowest BCUT2D eigenvalue weighted by atomic mass is 9.89. The minimum atomic E-state index is -1.37. The van der Waals surface area contributed by atoms with Crippen molar-refractivity contribution in [3.8, 4) is 0 Å². The summed E-state index contributed by atoms with van der Waals surface area (Å²) in [4.78, 5) is 96.8. The SMILES string of the molecule is CC[C@H](C)[C@@H]([C@@H](CC(=O)N1CCC[C@H]1[C@H](OC)[C@@H](C)C(=O)NCC1(c2ccccc2)CC1)OC)N(C)C(=O)[C@@H](NC(=O)C(C)(C)NC(=O)CCOCCOCCOCCN1C(=O)C=CC1=O)C(C)C. The summed E-state index contributed by atoms with van der Waals surface area (Å²) >= 11 is 0. The van der Waals surface area contributed by atoms with Gasteiger partial charge in [0.15, 0.2) is 0 Å². The predicted octanol–water partition coefficient (Wildman–Crippen LogP) is 3.16. The number of hydrogen-bond acceptors (Lipinski definition) is 12. The second-order valence-corrected chi connectivity index (χ2v) is 19.6. The fourth-order valence-corrected chi connectivity index (χ4v) is 9.27. The molecule has 0 spiro atoms. The molecule has 0 aromatic heterocycles. The van der Waals surface area contributed by atoms with Crippen molar-refractivity contribution >= 4 is 41.4 Å². The number of likely N-dealkylation sites (tertiary alicyclic amines) is 1. The zero-order valence-electron chi connectivity index (χ0n) is 42.7. The summed E-state index contributed by atoms with van der Waals surface area (Å²) in [5.41, 5.74) is -0.191. The highest BCUT2D eigenvalue weighted by molar-refractivity contribution is 6.12. The summed E-state index contributed by atoms with van der Waals surface area (Å²) in [6.45, 7) is 15.2. The van der Waals surface area contributed by atoms with Crippen LogP contribution in [0.4, 0.5) is 0 Å². The molecule has 0 bridgehead atoms. The van der Waals surface area contributed by atoms with Crippen molar-refractivity contribution in [2.24, 2.45) is 17.8 Å². The third kappa shape index (κ3) is 15.9. The second kappa shape index (κ2) is 27.0. The molecule has 1 saturated heterocycles. The first-order valence-electron chi connectivity index (χ1n) is 24.7. The number of rotatable bonds is 31. The molecule has 7 amide bonds. The zero-order valence-corrected chi connectivity index (χ0v) is 42.7. The van der Waals surface area contributed by atoms with Crippen LogP contribution < -0.4 is 16.0 Å². The Hall–Kier alpha value is -4.75. The van der Waals surface area contributed by atoms with Crippen LogP contribution in [0.5, 0.6) is 0 Å². The van der Waals surface area contributed by atoms with E-state index >= 15 is 0 Å². The maximum Gasteiger partial charge on any atom is 0.253 e. The number of amides is 7. The Bertz CT molecular complexity index is 1890. The number of likely N-dealkylation sites (N-methyl/N-ethyl adjacent to an activating group) is 1. The van der Waals surface area contributed by atoms with E-state index in [4.69, 9.17) is 23.7 Å². The monoisotopic (exact) mass is 969 g/mol. The number of nitrogens with one attached hydrogen (secondary N) is 3. The molecule has 2 aliphatic heterocycles. The number of hydrogen-bond donors (Lipinski definition) is 3. The Balaban J connectivity index is 1.26. The van der Waals surface area contributed by atoms with Gasteiger partial charge in [0.05, 0.1) is 82.8 Å². The zero-order chi connectivity index (χ0) is 50.9. The molecule has 386 valence electrons. The molecule has 18 heteroatoms. The van der Waals surface area contributed by atoms with Gasteiger partial charge in [0.25, 0.3) is 11.8 Å². The molecule has 0 radical (unpaired) electrons. The van der Waals surface area contributed by atoms with Gasteiger partial charge >= 0.3 is 0 Å². The Morgan fingerprint density at radius 3 is 2.04 bits per heavy atom. The van der Waals surface area contributed by atoms with Crippen molar-refractivity contribution < 1.29 is 57.2 Å². The minimum absolute atomic E-state index is 0.00713. The van der Waals surface area contributed by atoms with Crippen LogP contribution in [0.3, 0.4) is 0 Å². The highest BCUT2D eigenvalue weighted by atomic mass is 16.5. The number of nitrogens with zero attached hydrogens (tertiary/aromatic N) is 3. The summed E-state index contributed by atoms with van der Waals surface area (Å²) in [6.07, 6.45) is 5.38. The van der Waals surface area contributed by atoms with E-state index in [1.807, 2.05) is 57.7 Å². The van der Waals surface area contributed by atoms with Crippen LogP contribution in [-0.4, -0.2) is 172 Å². The van der Waals surface area contributed by atoms with Gasteiger partial charge in [-0.25, -0.2) is 0 Å². The number of carbonyl (C=O) groups excluding carboxylic acids is 7. The van der Waals surface area contributed by atoms with Gasteiger partial charge in [-0.1, -0.05) is 71.4 Å². The minimum Gasteiger partial charge on any atom is -0.379 e. The average molecular weight is 969 g/mol. The summed E-state index contributed by atoms with van der Waals surface area (Å²) in [5, 5.41) is 8.84. The van der Waals surface area contributed by atoms with Crippen LogP contribution in [0.2, 0.25) is 0 Å². The van der Waals surface area contributed by atoms with Crippen molar-refractivity contribution in [1.29, 1.82) is 0 Å². The summed E-state index contributed by atoms with van der Waals surface area (Å²) in [6, 6.07) is 8.45. The van der Waals surface area contributed by atoms with Crippen molar-refractivity contribution in [2.75, 3.05) is 80.5 Å². The van der Waals surface area contributed by atoms with E-state index in [1.165, 1.54) is 24.8 Å². The predicted molar refractivity (Wildman–Crippen MR) is 258 cm³/mol. The molecule has 4 rings (SSSR count). The lowest BCUT2D eigenvalue weighted by molar-refractivity contribution is -0.148. The molecule has 2 fully saturated rings. The maximum absolute atomic E-state index is 14.5. The molecule has 1 aromatic carbocycles. The van der Waals surface area contributed by atoms with Gasteiger partial charge < -0.3 is 49.4 Å². The van der Waals surface area contributed by atoms with Crippen molar-refractivity contribution in [3.63, 3.8) is 0 Å². The Kier molecular flexibility index (Phi) is 22.3. The first-order chi connectivity index (χ1) is 32.8. The molecular formula is C51H80N6O12. The molecule has 3 aliphatic rings. The van der Waals surface area contributed by atoms with Gasteiger partial charge in [-0.3, -0.25) is 38.5 Å². The summed E-state index contributed by atoms with van der Waals surface area (Å²) < 4.78 is 28.5. The van der Waals surface area contributed by atoms with E-state index in [0.717, 1.165) is 24.2 Å². The second-order valence-electron chi connectivity index (χ2n) is 19.6. The molecule has 2 heterocycles. The Labute approximate surface area is 409 Å². The van der Waals surface area contributed by atoms with Gasteiger partial charge in [0, 0.05) is 58.3 Å². The number of methoxy groups -OCH3 is 2. The van der Waals surface area contributed by atoms with Crippen LogP contribution in [0.25, 0.3) is 0 Å². The Morgan fingerprint density at radius 1 is 0.870 bits per heavy atom. The van der Waals surface area contributed by atoms with E-state index in [0.29, 0.717) is 25.9 Å². The molecule has 3 N–H and O–H groups in total. The molecule has 69 heavy (non-hydrogen) atoms. The van der Waals surface area contributed by atoms with Gasteiger partial charge in [-0.15, -0.1) is 0 Å². The first-order valence-corrected chi connectivity index (χ1v) is 24.7. The molecule has 0 unspecified atom stereocenters. The lowest BCUT2D eigenvalue weighted by Gasteiger charge is -2.41. The van der Waals surface area contributed by atoms with Crippen molar-refractivity contribution in [3.05, 3.63) is 48.0 Å². The fraction of sp³-hybridized carbons (Fsp3) is 0.706. The van der Waals surface area contributed by atoms with E-state index in [9.17, 15) is 33.6 Å². The molecule has 7 atom stereocenters. The third-order valence-electron chi connectivity index (χ3n) is 13.9. The van der Waals surface area contributed by atoms with E-state index < -0.39 is 47.6 Å². The third-order valence-corrected chi connectivity index (χ3v) is 13.9. The lowest BCUT2D eigenvalue weighted by Crippen LogP contribution is -2.62. The summed E-state index contributed by atoms with van der Waals surface area (Å²) in [5.74, 6) is -3.21. The molecule has 1 aliphatic carbocycles. The van der Waals surface area contributed by atoms with Crippen LogP contribution in [-0.2, 0) is 62.7 Å². The number of carbonyl (C=O) groups is 7. The highest BCUT2D eigenvalue weighted by Crippen LogP contribution is 2.47. The largest absolute Gasteiger partial charge is 0.379 e. The van der Waals surface area contributed by atoms with Crippen LogP contribution >= 0.6 is 0 Å². The fourth-order valence-electron chi connectivity index (χ4n) is 9.27. The molecule has 1 saturated carbocycles. The highest BCUT2D eigenvalue weighted by Gasteiger charge is 2.46. The molecule has 1 aromatic rings. The van der Waals surface area contributed by atoms with Crippen LogP contribution in [0.1, 0.15) is 99.0 Å². The molecule has 18 nitrogen and oxygen atoms in total. The smallest absolute Gasteiger partial charge is 0.253 e. The molecular weight excluding hydrogens is 889 g/mol. The van der Waals surface area contributed by atoms with Gasteiger partial charge in [-0.05, 0) is 56.9 Å². The van der Waals surface area contributed by atoms with Crippen molar-refractivity contribution in [1.82, 2.24) is 30.7 Å². The van der Waals surface area contributed by atoms with Crippen LogP contribution in [0.15, 0.2) is 42.5 Å². The van der Waals surface area contributed by atoms with Crippen LogP contribution in [0, 0.1) is 17.8 Å². The summed E-state index contributed by atoms with van der Waals surface area (Å²) in [7, 11) is 4.80. The number of benzene rings is 1. The topological polar surface area (TPSA) is 211 Å². The van der Waals surface area contributed by atoms with E-state index in [1.54, 1.807) is 32.9 Å². The van der Waals surface area contributed by atoms with Crippen molar-refractivity contribution in [2.45, 2.75) is 135 Å².